The lowest BCUT2D eigenvalue weighted by atomic mass is 10.0. The first-order valence-electron chi connectivity index (χ1n) is 5.85. The summed E-state index contributed by atoms with van der Waals surface area (Å²) in [5, 5.41) is 0. The van der Waals surface area contributed by atoms with Crippen LogP contribution in [-0.4, -0.2) is 22.5 Å². The molecule has 1 atom stereocenters. The average Bonchev–Trinajstić information content (AvgIpc) is 2.61. The van der Waals surface area contributed by atoms with E-state index in [4.69, 9.17) is 0 Å². The summed E-state index contributed by atoms with van der Waals surface area (Å²) in [5.41, 5.74) is 0.670. The number of hydrogen-bond acceptors (Lipinski definition) is 1. The number of hydrogen-bond donors (Lipinski definition) is 0. The lowest BCUT2D eigenvalue weighted by molar-refractivity contribution is 0.107. The highest BCUT2D eigenvalue weighted by Gasteiger charge is 2.55. The van der Waals surface area contributed by atoms with Crippen LogP contribution in [0.1, 0.15) is 53.4 Å². The van der Waals surface area contributed by atoms with Crippen molar-refractivity contribution in [3.63, 3.8) is 0 Å². The van der Waals surface area contributed by atoms with E-state index in [-0.39, 0.29) is 0 Å². The highest BCUT2D eigenvalue weighted by Crippen LogP contribution is 2.53. The monoisotopic (exact) mass is 181 g/mol. The normalized spacial score (nSPS) is 32.3. The van der Waals surface area contributed by atoms with E-state index >= 15 is 0 Å². The van der Waals surface area contributed by atoms with Crippen LogP contribution in [0.2, 0.25) is 0 Å². The molecule has 1 aliphatic carbocycles. The molecular formula is C12H23N. The Kier molecular flexibility index (Phi) is 2.18. The largest absolute Gasteiger partial charge is 0.292 e. The minimum absolute atomic E-state index is 0.670. The molecular weight excluding hydrogens is 158 g/mol. The van der Waals surface area contributed by atoms with Crippen LogP contribution in [0.3, 0.4) is 0 Å². The molecule has 1 nitrogen and oxygen atoms in total. The van der Waals surface area contributed by atoms with Gasteiger partial charge in [-0.2, -0.15) is 0 Å². The summed E-state index contributed by atoms with van der Waals surface area (Å²) in [4.78, 5) is 2.82. The lowest BCUT2D eigenvalue weighted by Gasteiger charge is -2.36. The fraction of sp³-hybridized carbons (Fsp3) is 1.00. The van der Waals surface area contributed by atoms with Crippen molar-refractivity contribution < 1.29 is 0 Å². The molecule has 0 aromatic heterocycles. The molecule has 2 aliphatic rings. The zero-order valence-corrected chi connectivity index (χ0v) is 9.51. The van der Waals surface area contributed by atoms with Crippen LogP contribution < -0.4 is 0 Å². The molecule has 13 heavy (non-hydrogen) atoms. The molecule has 2 fully saturated rings. The Hall–Kier alpha value is -0.0400. The standard InChI is InChI=1S/C12H23N/c1-9(2)11-5-6-12(7-8-12)13(11)10(3)4/h9-11H,5-8H2,1-4H3/t11-/m0/s1. The van der Waals surface area contributed by atoms with Gasteiger partial charge in [0, 0.05) is 17.6 Å². The molecule has 0 amide bonds. The van der Waals surface area contributed by atoms with Gasteiger partial charge in [0.05, 0.1) is 0 Å². The van der Waals surface area contributed by atoms with Gasteiger partial charge in [-0.3, -0.25) is 4.90 Å². The van der Waals surface area contributed by atoms with Gasteiger partial charge in [-0.05, 0) is 45.4 Å². The van der Waals surface area contributed by atoms with Gasteiger partial charge >= 0.3 is 0 Å². The van der Waals surface area contributed by atoms with Crippen molar-refractivity contribution in [3.05, 3.63) is 0 Å². The van der Waals surface area contributed by atoms with Crippen LogP contribution in [-0.2, 0) is 0 Å². The molecule has 1 heterocycles. The van der Waals surface area contributed by atoms with Gasteiger partial charge in [0.2, 0.25) is 0 Å². The van der Waals surface area contributed by atoms with Crippen molar-refractivity contribution >= 4 is 0 Å². The third kappa shape index (κ3) is 1.41. The van der Waals surface area contributed by atoms with Crippen LogP contribution in [0.4, 0.5) is 0 Å². The molecule has 76 valence electrons. The highest BCUT2D eigenvalue weighted by molar-refractivity contribution is 5.11. The fourth-order valence-electron chi connectivity index (χ4n) is 3.27. The van der Waals surface area contributed by atoms with E-state index in [1.165, 1.54) is 25.7 Å². The summed E-state index contributed by atoms with van der Waals surface area (Å²) in [6, 6.07) is 1.61. The summed E-state index contributed by atoms with van der Waals surface area (Å²) in [5.74, 6) is 0.836. The van der Waals surface area contributed by atoms with E-state index in [0.29, 0.717) is 5.54 Å². The molecule has 0 aromatic carbocycles. The van der Waals surface area contributed by atoms with E-state index in [1.807, 2.05) is 0 Å². The van der Waals surface area contributed by atoms with Crippen LogP contribution in [0.15, 0.2) is 0 Å². The predicted molar refractivity (Wildman–Crippen MR) is 56.8 cm³/mol. The molecule has 1 heteroatoms. The Morgan fingerprint density at radius 1 is 1.08 bits per heavy atom. The second-order valence-electron chi connectivity index (χ2n) is 5.58. The first kappa shape index (κ1) is 9.51. The summed E-state index contributed by atoms with van der Waals surface area (Å²) >= 11 is 0. The van der Waals surface area contributed by atoms with Gasteiger partial charge < -0.3 is 0 Å². The van der Waals surface area contributed by atoms with Gasteiger partial charge in [0.1, 0.15) is 0 Å². The van der Waals surface area contributed by atoms with Gasteiger partial charge in [0.15, 0.2) is 0 Å². The number of likely N-dealkylation sites (tertiary alicyclic amines) is 1. The smallest absolute Gasteiger partial charge is 0.0217 e. The Morgan fingerprint density at radius 2 is 1.69 bits per heavy atom. The van der Waals surface area contributed by atoms with Crippen LogP contribution in [0.25, 0.3) is 0 Å². The van der Waals surface area contributed by atoms with Gasteiger partial charge in [-0.25, -0.2) is 0 Å². The second kappa shape index (κ2) is 2.98. The van der Waals surface area contributed by atoms with Gasteiger partial charge in [0.25, 0.3) is 0 Å². The summed E-state index contributed by atoms with van der Waals surface area (Å²) in [6.07, 6.45) is 5.84. The van der Waals surface area contributed by atoms with E-state index in [0.717, 1.165) is 18.0 Å². The van der Waals surface area contributed by atoms with E-state index in [1.54, 1.807) is 0 Å². The maximum absolute atomic E-state index is 2.82. The van der Waals surface area contributed by atoms with E-state index < -0.39 is 0 Å². The zero-order valence-electron chi connectivity index (χ0n) is 9.51. The lowest BCUT2D eigenvalue weighted by Crippen LogP contribution is -2.44. The quantitative estimate of drug-likeness (QED) is 0.633. The minimum atomic E-state index is 0.670. The molecule has 0 unspecified atom stereocenters. The molecule has 1 saturated carbocycles. The molecule has 1 saturated heterocycles. The maximum atomic E-state index is 2.82. The topological polar surface area (TPSA) is 3.24 Å². The summed E-state index contributed by atoms with van der Waals surface area (Å²) in [7, 11) is 0. The molecule has 2 rings (SSSR count). The maximum Gasteiger partial charge on any atom is 0.0217 e. The molecule has 0 aromatic rings. The Bertz CT molecular complexity index is 191. The Labute approximate surface area is 82.5 Å². The van der Waals surface area contributed by atoms with Gasteiger partial charge in [-0.15, -0.1) is 0 Å². The van der Waals surface area contributed by atoms with Crippen LogP contribution >= 0.6 is 0 Å². The second-order valence-corrected chi connectivity index (χ2v) is 5.58. The highest BCUT2D eigenvalue weighted by atomic mass is 15.3. The molecule has 0 bridgehead atoms. The van der Waals surface area contributed by atoms with Crippen LogP contribution in [0, 0.1) is 5.92 Å². The third-order valence-corrected chi connectivity index (χ3v) is 3.96. The predicted octanol–water partition coefficient (Wildman–Crippen LogP) is 3.05. The van der Waals surface area contributed by atoms with Crippen molar-refractivity contribution in [1.82, 2.24) is 4.90 Å². The van der Waals surface area contributed by atoms with Gasteiger partial charge in [-0.1, -0.05) is 13.8 Å². The van der Waals surface area contributed by atoms with E-state index in [2.05, 4.69) is 32.6 Å². The molecule has 0 radical (unpaired) electrons. The molecule has 1 aliphatic heterocycles. The van der Waals surface area contributed by atoms with Crippen molar-refractivity contribution in [1.29, 1.82) is 0 Å². The van der Waals surface area contributed by atoms with Crippen molar-refractivity contribution in [2.75, 3.05) is 0 Å². The number of rotatable bonds is 2. The average molecular weight is 181 g/mol. The van der Waals surface area contributed by atoms with Crippen molar-refractivity contribution in [2.24, 2.45) is 5.92 Å². The third-order valence-electron chi connectivity index (χ3n) is 3.96. The van der Waals surface area contributed by atoms with Crippen molar-refractivity contribution in [3.8, 4) is 0 Å². The first-order chi connectivity index (χ1) is 6.07. The first-order valence-corrected chi connectivity index (χ1v) is 5.85. The van der Waals surface area contributed by atoms with Crippen LogP contribution in [0.5, 0.6) is 0 Å². The minimum Gasteiger partial charge on any atom is -0.292 e. The Morgan fingerprint density at radius 3 is 2.08 bits per heavy atom. The fourth-order valence-corrected chi connectivity index (χ4v) is 3.27. The summed E-state index contributed by atoms with van der Waals surface area (Å²) < 4.78 is 0. The number of nitrogens with zero attached hydrogens (tertiary/aromatic N) is 1. The SMILES string of the molecule is CC(C)[C@@H]1CCC2(CC2)N1C(C)C. The molecule has 1 spiro atoms. The van der Waals surface area contributed by atoms with Crippen molar-refractivity contribution in [2.45, 2.75) is 71.0 Å². The zero-order chi connectivity index (χ0) is 9.64. The summed E-state index contributed by atoms with van der Waals surface area (Å²) in [6.45, 7) is 9.48. The molecule has 0 N–H and O–H groups in total. The Balaban J connectivity index is 2.14. The van der Waals surface area contributed by atoms with E-state index in [9.17, 15) is 0 Å².